The van der Waals surface area contributed by atoms with Crippen LogP contribution in [0.3, 0.4) is 0 Å². The highest BCUT2D eigenvalue weighted by Gasteiger charge is 2.28. The molecular weight excluding hydrogens is 322 g/mol. The van der Waals surface area contributed by atoms with E-state index in [0.717, 1.165) is 15.5 Å². The minimum atomic E-state index is 0.475. The van der Waals surface area contributed by atoms with E-state index in [1.807, 2.05) is 23.9 Å². The smallest absolute Gasteiger partial charge is 0.201 e. The van der Waals surface area contributed by atoms with Gasteiger partial charge in [-0.25, -0.2) is 4.98 Å². The minimum absolute atomic E-state index is 0.475. The first kappa shape index (κ1) is 13.3. The van der Waals surface area contributed by atoms with E-state index in [1.165, 1.54) is 25.7 Å². The van der Waals surface area contributed by atoms with Crippen LogP contribution in [0.1, 0.15) is 31.7 Å². The molecule has 1 aliphatic rings. The quantitative estimate of drug-likeness (QED) is 0.890. The van der Waals surface area contributed by atoms with Gasteiger partial charge in [0, 0.05) is 15.8 Å². The highest BCUT2D eigenvalue weighted by atomic mass is 79.9. The molecule has 0 spiro atoms. The number of nitrogens with zero attached hydrogens (tertiary/aromatic N) is 2. The summed E-state index contributed by atoms with van der Waals surface area (Å²) >= 11 is 5.50. The number of imidazole rings is 1. The van der Waals surface area contributed by atoms with E-state index in [0.29, 0.717) is 17.2 Å². The number of anilines is 1. The van der Waals surface area contributed by atoms with Gasteiger partial charge in [-0.15, -0.1) is 0 Å². The number of nitrogens with two attached hydrogens (primary N) is 1. The molecule has 3 nitrogen and oxygen atoms in total. The highest BCUT2D eigenvalue weighted by Crippen LogP contribution is 2.39. The second-order valence-electron chi connectivity index (χ2n) is 5.10. The summed E-state index contributed by atoms with van der Waals surface area (Å²) in [5.74, 6) is 0.652. The Morgan fingerprint density at radius 1 is 1.37 bits per heavy atom. The second-order valence-corrected chi connectivity index (χ2v) is 7.09. The summed E-state index contributed by atoms with van der Waals surface area (Å²) in [6.07, 6.45) is 7.30. The number of benzene rings is 1. The third kappa shape index (κ3) is 2.38. The van der Waals surface area contributed by atoms with Crippen molar-refractivity contribution in [2.75, 3.05) is 12.0 Å². The van der Waals surface area contributed by atoms with E-state index >= 15 is 0 Å². The van der Waals surface area contributed by atoms with Crippen molar-refractivity contribution in [3.8, 4) is 0 Å². The average molecular weight is 340 g/mol. The Morgan fingerprint density at radius 2 is 2.16 bits per heavy atom. The Morgan fingerprint density at radius 3 is 2.95 bits per heavy atom. The summed E-state index contributed by atoms with van der Waals surface area (Å²) in [6.45, 7) is 0. The predicted molar refractivity (Wildman–Crippen MR) is 86.7 cm³/mol. The first-order chi connectivity index (χ1) is 9.20. The summed E-state index contributed by atoms with van der Waals surface area (Å²) in [5.41, 5.74) is 8.32. The fourth-order valence-corrected chi connectivity index (χ4v) is 4.40. The van der Waals surface area contributed by atoms with Crippen LogP contribution in [0.4, 0.5) is 5.95 Å². The Kier molecular flexibility index (Phi) is 3.76. The van der Waals surface area contributed by atoms with Crippen molar-refractivity contribution in [1.29, 1.82) is 0 Å². The number of thioether (sulfide) groups is 1. The van der Waals surface area contributed by atoms with Crippen molar-refractivity contribution in [3.05, 3.63) is 22.7 Å². The molecule has 1 aliphatic carbocycles. The molecule has 2 aromatic rings. The van der Waals surface area contributed by atoms with Crippen LogP contribution in [-0.4, -0.2) is 21.1 Å². The van der Waals surface area contributed by atoms with Crippen LogP contribution >= 0.6 is 27.7 Å². The summed E-state index contributed by atoms with van der Waals surface area (Å²) in [5, 5.41) is 0.646. The molecule has 0 amide bonds. The number of hydrogen-bond acceptors (Lipinski definition) is 3. The van der Waals surface area contributed by atoms with Gasteiger partial charge in [-0.1, -0.05) is 28.8 Å². The molecule has 1 aromatic carbocycles. The molecular formula is C14H18BrN3S. The van der Waals surface area contributed by atoms with Crippen LogP contribution in [0.25, 0.3) is 11.0 Å². The van der Waals surface area contributed by atoms with Gasteiger partial charge in [0.05, 0.1) is 11.0 Å². The third-order valence-electron chi connectivity index (χ3n) is 3.98. The van der Waals surface area contributed by atoms with Gasteiger partial charge in [0.1, 0.15) is 0 Å². The average Bonchev–Trinajstić information content (AvgIpc) is 2.74. The van der Waals surface area contributed by atoms with Crippen molar-refractivity contribution < 1.29 is 0 Å². The standard InChI is InChI=1S/C14H18BrN3S/c1-19-13-5-3-2-4-11(13)18-12-8-9(15)6-7-10(12)17-14(18)16/h6-8,11,13H,2-5H2,1H3,(H2,16,17). The Bertz CT molecular complexity index is 596. The third-order valence-corrected chi connectivity index (χ3v) is 5.63. The van der Waals surface area contributed by atoms with Gasteiger partial charge in [0.2, 0.25) is 5.95 Å². The van der Waals surface area contributed by atoms with E-state index in [4.69, 9.17) is 5.73 Å². The maximum atomic E-state index is 6.18. The van der Waals surface area contributed by atoms with Crippen LogP contribution in [0.5, 0.6) is 0 Å². The number of rotatable bonds is 2. The van der Waals surface area contributed by atoms with Crippen molar-refractivity contribution >= 4 is 44.7 Å². The molecule has 19 heavy (non-hydrogen) atoms. The van der Waals surface area contributed by atoms with Gasteiger partial charge < -0.3 is 10.3 Å². The van der Waals surface area contributed by atoms with Gasteiger partial charge >= 0.3 is 0 Å². The SMILES string of the molecule is CSC1CCCCC1n1c(N)nc2ccc(Br)cc21. The number of aromatic nitrogens is 2. The van der Waals surface area contributed by atoms with E-state index < -0.39 is 0 Å². The lowest BCUT2D eigenvalue weighted by Crippen LogP contribution is -2.26. The molecule has 1 heterocycles. The van der Waals surface area contributed by atoms with Gasteiger partial charge in [-0.2, -0.15) is 11.8 Å². The molecule has 2 N–H and O–H groups in total. The van der Waals surface area contributed by atoms with Crippen LogP contribution in [-0.2, 0) is 0 Å². The largest absolute Gasteiger partial charge is 0.369 e. The maximum absolute atomic E-state index is 6.18. The zero-order valence-corrected chi connectivity index (χ0v) is 13.4. The maximum Gasteiger partial charge on any atom is 0.201 e. The zero-order chi connectivity index (χ0) is 13.4. The van der Waals surface area contributed by atoms with Crippen LogP contribution in [0.15, 0.2) is 22.7 Å². The molecule has 3 rings (SSSR count). The molecule has 2 unspecified atom stereocenters. The summed E-state index contributed by atoms with van der Waals surface area (Å²) in [6, 6.07) is 6.66. The predicted octanol–water partition coefficient (Wildman–Crippen LogP) is 4.23. The number of hydrogen-bond donors (Lipinski definition) is 1. The summed E-state index contributed by atoms with van der Waals surface area (Å²) in [7, 11) is 0. The molecule has 102 valence electrons. The van der Waals surface area contributed by atoms with Crippen molar-refractivity contribution in [2.24, 2.45) is 0 Å². The van der Waals surface area contributed by atoms with Gasteiger partial charge in [0.25, 0.3) is 0 Å². The lowest BCUT2D eigenvalue weighted by Gasteiger charge is -2.32. The molecule has 1 saturated carbocycles. The van der Waals surface area contributed by atoms with Gasteiger partial charge in [-0.05, 0) is 37.3 Å². The second kappa shape index (κ2) is 5.37. The van der Waals surface area contributed by atoms with Gasteiger partial charge in [0.15, 0.2) is 0 Å². The zero-order valence-electron chi connectivity index (χ0n) is 11.0. The van der Waals surface area contributed by atoms with E-state index in [2.05, 4.69) is 37.8 Å². The van der Waals surface area contributed by atoms with Crippen molar-refractivity contribution in [1.82, 2.24) is 9.55 Å². The van der Waals surface area contributed by atoms with Crippen molar-refractivity contribution in [2.45, 2.75) is 37.0 Å². The summed E-state index contributed by atoms with van der Waals surface area (Å²) in [4.78, 5) is 4.51. The molecule has 2 atom stereocenters. The molecule has 5 heteroatoms. The van der Waals surface area contributed by atoms with E-state index in [1.54, 1.807) is 0 Å². The molecule has 0 aliphatic heterocycles. The lowest BCUT2D eigenvalue weighted by molar-refractivity contribution is 0.374. The van der Waals surface area contributed by atoms with Crippen LogP contribution < -0.4 is 5.73 Å². The first-order valence-corrected chi connectivity index (χ1v) is 8.74. The molecule has 0 radical (unpaired) electrons. The Hall–Kier alpha value is -0.680. The fourth-order valence-electron chi connectivity index (χ4n) is 3.08. The Labute approximate surface area is 126 Å². The Balaban J connectivity index is 2.12. The first-order valence-electron chi connectivity index (χ1n) is 6.66. The minimum Gasteiger partial charge on any atom is -0.369 e. The number of halogens is 1. The highest BCUT2D eigenvalue weighted by molar-refractivity contribution is 9.10. The van der Waals surface area contributed by atoms with Crippen LogP contribution in [0, 0.1) is 0 Å². The van der Waals surface area contributed by atoms with E-state index in [9.17, 15) is 0 Å². The lowest BCUT2D eigenvalue weighted by atomic mass is 9.94. The molecule has 0 bridgehead atoms. The molecule has 1 aromatic heterocycles. The number of fused-ring (bicyclic) bond motifs is 1. The normalized spacial score (nSPS) is 23.9. The topological polar surface area (TPSA) is 43.8 Å². The van der Waals surface area contributed by atoms with Crippen LogP contribution in [0.2, 0.25) is 0 Å². The summed E-state index contributed by atoms with van der Waals surface area (Å²) < 4.78 is 3.33. The molecule has 1 fully saturated rings. The van der Waals surface area contributed by atoms with Crippen molar-refractivity contribution in [3.63, 3.8) is 0 Å². The number of nitrogen functional groups attached to an aromatic ring is 1. The molecule has 0 saturated heterocycles. The van der Waals surface area contributed by atoms with Gasteiger partial charge in [-0.3, -0.25) is 0 Å². The van der Waals surface area contributed by atoms with E-state index in [-0.39, 0.29) is 0 Å². The monoisotopic (exact) mass is 339 g/mol. The fraction of sp³-hybridized carbons (Fsp3) is 0.500.